The summed E-state index contributed by atoms with van der Waals surface area (Å²) in [5.41, 5.74) is 5.22. The summed E-state index contributed by atoms with van der Waals surface area (Å²) in [5.74, 6) is 0.0527. The lowest BCUT2D eigenvalue weighted by atomic mass is 9.63. The molecule has 0 radical (unpaired) electrons. The highest BCUT2D eigenvalue weighted by Crippen LogP contribution is 2.62. The van der Waals surface area contributed by atoms with Gasteiger partial charge in [0.2, 0.25) is 0 Å². The van der Waals surface area contributed by atoms with E-state index in [9.17, 15) is 8.42 Å². The van der Waals surface area contributed by atoms with E-state index in [4.69, 9.17) is 0 Å². The van der Waals surface area contributed by atoms with Gasteiger partial charge in [-0.2, -0.15) is 0 Å². The highest BCUT2D eigenvalue weighted by atomic mass is 32.2. The number of sulfone groups is 1. The van der Waals surface area contributed by atoms with Gasteiger partial charge in [-0.1, -0.05) is 86.4 Å². The van der Waals surface area contributed by atoms with E-state index < -0.39 is 23.2 Å². The van der Waals surface area contributed by atoms with E-state index in [0.29, 0.717) is 4.90 Å². The lowest BCUT2D eigenvalue weighted by Crippen LogP contribution is -2.52. The van der Waals surface area contributed by atoms with Crippen LogP contribution >= 0.6 is 0 Å². The Morgan fingerprint density at radius 3 is 1.48 bits per heavy atom. The van der Waals surface area contributed by atoms with E-state index in [1.54, 1.807) is 12.1 Å². The first-order valence-electron chi connectivity index (χ1n) is 10.3. The zero-order chi connectivity index (χ0) is 20.4. The third-order valence-corrected chi connectivity index (χ3v) is 11.9. The van der Waals surface area contributed by atoms with Crippen LogP contribution in [0.25, 0.3) is 0 Å². The van der Waals surface area contributed by atoms with Gasteiger partial charge in [-0.3, -0.25) is 0 Å². The van der Waals surface area contributed by atoms with Gasteiger partial charge in [-0.15, -0.1) is 0 Å². The van der Waals surface area contributed by atoms with Crippen molar-refractivity contribution in [2.45, 2.75) is 47.2 Å². The smallest absolute Gasteiger partial charge is 0.182 e. The fourth-order valence-corrected chi connectivity index (χ4v) is 12.1. The van der Waals surface area contributed by atoms with Crippen LogP contribution in [0.3, 0.4) is 0 Å². The van der Waals surface area contributed by atoms with E-state index in [1.165, 1.54) is 22.3 Å². The highest BCUT2D eigenvalue weighted by Gasteiger charge is 2.58. The third kappa shape index (κ3) is 2.69. The van der Waals surface area contributed by atoms with Gasteiger partial charge < -0.3 is 0 Å². The Kier molecular flexibility index (Phi) is 4.16. The minimum atomic E-state index is -3.48. The molecule has 2 atom stereocenters. The molecule has 148 valence electrons. The molecule has 0 spiro atoms. The molecule has 3 aromatic carbocycles. The van der Waals surface area contributed by atoms with Crippen molar-refractivity contribution in [1.82, 2.24) is 0 Å². The monoisotopic (exact) mass is 418 g/mol. The maximum Gasteiger partial charge on any atom is 0.182 e. The molecule has 3 aliphatic carbocycles. The Bertz CT molecular complexity index is 1130. The Hall–Kier alpha value is -2.17. The quantitative estimate of drug-likeness (QED) is 0.502. The molecule has 2 nitrogen and oxygen atoms in total. The van der Waals surface area contributed by atoms with Crippen LogP contribution in [-0.4, -0.2) is 21.7 Å². The normalized spacial score (nSPS) is 25.3. The van der Waals surface area contributed by atoms with E-state index in [1.807, 2.05) is 18.2 Å². The predicted octanol–water partition coefficient (Wildman–Crippen LogP) is 5.83. The van der Waals surface area contributed by atoms with Crippen molar-refractivity contribution >= 4 is 17.9 Å². The number of fused-ring (bicyclic) bond motifs is 1. The van der Waals surface area contributed by atoms with Crippen molar-refractivity contribution in [3.05, 3.63) is 101 Å². The van der Waals surface area contributed by atoms with Crippen LogP contribution in [0.15, 0.2) is 83.8 Å². The van der Waals surface area contributed by atoms with Gasteiger partial charge in [-0.05, 0) is 39.9 Å². The fraction of sp³-hybridized carbons (Fsp3) is 0.280. The molecule has 0 aromatic heterocycles. The van der Waals surface area contributed by atoms with Crippen LogP contribution in [0.5, 0.6) is 0 Å². The third-order valence-electron chi connectivity index (χ3n) is 6.80. The molecular formula is C25H26O2SSi. The van der Waals surface area contributed by atoms with E-state index in [2.05, 4.69) is 68.2 Å². The van der Waals surface area contributed by atoms with Gasteiger partial charge in [0.1, 0.15) is 0 Å². The second kappa shape index (κ2) is 6.41. The molecule has 0 aliphatic heterocycles. The average Bonchev–Trinajstić information content (AvgIpc) is 2.73. The van der Waals surface area contributed by atoms with Crippen LogP contribution in [0, 0.1) is 0 Å². The number of benzene rings is 3. The molecule has 4 heteroatoms. The summed E-state index contributed by atoms with van der Waals surface area (Å²) in [5, 5.41) is -0.411. The summed E-state index contributed by atoms with van der Waals surface area (Å²) in [6, 6.07) is 26.1. The number of rotatable bonds is 3. The molecule has 3 aliphatic rings. The summed E-state index contributed by atoms with van der Waals surface area (Å²) >= 11 is 0. The maximum absolute atomic E-state index is 14.1. The molecule has 0 heterocycles. The Morgan fingerprint density at radius 2 is 1.03 bits per heavy atom. The van der Waals surface area contributed by atoms with Crippen LogP contribution in [-0.2, 0) is 9.84 Å². The topological polar surface area (TPSA) is 34.1 Å². The van der Waals surface area contributed by atoms with Gasteiger partial charge in [0.15, 0.2) is 9.84 Å². The molecule has 0 N–H and O–H groups in total. The Balaban J connectivity index is 1.84. The second-order valence-corrected chi connectivity index (χ2v) is 16.9. The van der Waals surface area contributed by atoms with Gasteiger partial charge in [0.25, 0.3) is 0 Å². The largest absolute Gasteiger partial charge is 0.223 e. The van der Waals surface area contributed by atoms with E-state index >= 15 is 0 Å². The molecule has 6 rings (SSSR count). The van der Waals surface area contributed by atoms with Crippen molar-refractivity contribution in [3.8, 4) is 0 Å². The van der Waals surface area contributed by atoms with Gasteiger partial charge in [0, 0.05) is 19.9 Å². The molecule has 29 heavy (non-hydrogen) atoms. The molecule has 0 unspecified atom stereocenters. The zero-order valence-corrected chi connectivity index (χ0v) is 18.9. The average molecular weight is 419 g/mol. The van der Waals surface area contributed by atoms with Gasteiger partial charge >= 0.3 is 0 Å². The molecule has 0 amide bonds. The van der Waals surface area contributed by atoms with Crippen molar-refractivity contribution in [3.63, 3.8) is 0 Å². The summed E-state index contributed by atoms with van der Waals surface area (Å²) in [6.07, 6.45) is 0. The van der Waals surface area contributed by atoms with Crippen molar-refractivity contribution < 1.29 is 8.42 Å². The standard InChI is InChI=1S/C25H26O2SSi/c1-29(2,3)25-23-20-15-9-7-13-18(20)22(19-14-8-10-16-21(19)23)24(25)28(26,27)17-11-5-4-6-12-17/h4-16,22-25H,1-3H3/t22?,23?,24-,25+/m0/s1. The molecule has 0 saturated carbocycles. The molecule has 2 bridgehead atoms. The first-order chi connectivity index (χ1) is 13.8. The lowest BCUT2D eigenvalue weighted by Gasteiger charge is -2.54. The zero-order valence-electron chi connectivity index (χ0n) is 17.0. The summed E-state index contributed by atoms with van der Waals surface area (Å²) in [6.45, 7) is 6.99. The van der Waals surface area contributed by atoms with Crippen molar-refractivity contribution in [2.24, 2.45) is 0 Å². The van der Waals surface area contributed by atoms with Crippen LogP contribution in [0.4, 0.5) is 0 Å². The van der Waals surface area contributed by atoms with Crippen molar-refractivity contribution in [1.29, 1.82) is 0 Å². The second-order valence-electron chi connectivity index (χ2n) is 9.43. The first-order valence-corrected chi connectivity index (χ1v) is 15.4. The van der Waals surface area contributed by atoms with Crippen LogP contribution in [0.2, 0.25) is 25.2 Å². The van der Waals surface area contributed by atoms with E-state index in [0.717, 1.165) is 0 Å². The van der Waals surface area contributed by atoms with Crippen LogP contribution in [0.1, 0.15) is 34.1 Å². The summed E-state index contributed by atoms with van der Waals surface area (Å²) < 4.78 is 28.2. The van der Waals surface area contributed by atoms with Gasteiger partial charge in [-0.25, -0.2) is 8.42 Å². The molecule has 0 fully saturated rings. The Labute approximate surface area is 174 Å². The number of hydrogen-bond acceptors (Lipinski definition) is 2. The highest BCUT2D eigenvalue weighted by molar-refractivity contribution is 7.92. The van der Waals surface area contributed by atoms with Crippen molar-refractivity contribution in [2.75, 3.05) is 0 Å². The SMILES string of the molecule is C[Si](C)(C)[C@@H]1C2c3ccccc3C(c3ccccc32)[C@@H]1S(=O)(=O)c1ccccc1. The first kappa shape index (κ1) is 18.8. The minimum Gasteiger partial charge on any atom is -0.223 e. The summed E-state index contributed by atoms with van der Waals surface area (Å²) in [4.78, 5) is 0.454. The van der Waals surface area contributed by atoms with Crippen LogP contribution < -0.4 is 0 Å². The van der Waals surface area contributed by atoms with Gasteiger partial charge in [0.05, 0.1) is 10.1 Å². The minimum absolute atomic E-state index is 0.102. The predicted molar refractivity (Wildman–Crippen MR) is 121 cm³/mol. The lowest BCUT2D eigenvalue weighted by molar-refractivity contribution is 0.483. The Morgan fingerprint density at radius 1 is 0.621 bits per heavy atom. The molecule has 3 aromatic rings. The number of hydrogen-bond donors (Lipinski definition) is 0. The fourth-order valence-electron chi connectivity index (χ4n) is 5.76. The molecular weight excluding hydrogens is 392 g/mol. The maximum atomic E-state index is 14.1. The molecule has 0 saturated heterocycles. The summed E-state index contributed by atoms with van der Waals surface area (Å²) in [7, 11) is -5.31. The van der Waals surface area contributed by atoms with E-state index in [-0.39, 0.29) is 17.4 Å².